The van der Waals surface area contributed by atoms with Gasteiger partial charge in [0.25, 0.3) is 11.8 Å². The number of benzene rings is 3. The molecule has 3 aromatic rings. The summed E-state index contributed by atoms with van der Waals surface area (Å²) in [6.07, 6.45) is 2.29. The van der Waals surface area contributed by atoms with Gasteiger partial charge in [0.1, 0.15) is 5.75 Å². The van der Waals surface area contributed by atoms with Crippen molar-refractivity contribution in [1.82, 2.24) is 10.7 Å². The molecule has 0 heterocycles. The third-order valence-electron chi connectivity index (χ3n) is 4.95. The summed E-state index contributed by atoms with van der Waals surface area (Å²) in [5.74, 6) is -0.203. The molecule has 0 aromatic heterocycles. The lowest BCUT2D eigenvalue weighted by molar-refractivity contribution is -0.120. The summed E-state index contributed by atoms with van der Waals surface area (Å²) in [6.45, 7) is 4.50. The van der Waals surface area contributed by atoms with Crippen molar-refractivity contribution >= 4 is 35.6 Å². The first-order chi connectivity index (χ1) is 18.4. The van der Waals surface area contributed by atoms with Gasteiger partial charge in [0.15, 0.2) is 11.5 Å². The number of rotatable bonds is 12. The van der Waals surface area contributed by atoms with E-state index in [2.05, 4.69) is 15.8 Å². The average molecular weight is 538 g/mol. The van der Waals surface area contributed by atoms with E-state index in [-0.39, 0.29) is 12.3 Å². The molecule has 0 radical (unpaired) electrons. The Balaban J connectivity index is 1.52. The number of carbonyl (C=O) groups excluding carboxylic acids is 3. The van der Waals surface area contributed by atoms with Gasteiger partial charge in [-0.2, -0.15) is 5.10 Å². The molecule has 2 amide bonds. The van der Waals surface area contributed by atoms with Crippen LogP contribution in [0.4, 0.5) is 0 Å². The minimum atomic E-state index is -0.556. The van der Waals surface area contributed by atoms with Crippen LogP contribution in [0.25, 0.3) is 0 Å². The van der Waals surface area contributed by atoms with Gasteiger partial charge in [-0.05, 0) is 85.6 Å². The maximum Gasteiger partial charge on any atom is 0.343 e. The van der Waals surface area contributed by atoms with E-state index in [9.17, 15) is 14.4 Å². The topological polar surface area (TPSA) is 115 Å². The molecule has 2 N–H and O–H groups in total. The monoisotopic (exact) mass is 537 g/mol. The summed E-state index contributed by atoms with van der Waals surface area (Å²) in [7, 11) is 0. The fraction of sp³-hybridized carbons (Fsp3) is 0.214. The van der Waals surface area contributed by atoms with Crippen LogP contribution in [0.1, 0.15) is 46.5 Å². The van der Waals surface area contributed by atoms with Gasteiger partial charge in [-0.3, -0.25) is 9.59 Å². The van der Waals surface area contributed by atoms with Crippen molar-refractivity contribution in [3.05, 3.63) is 88.4 Å². The molecule has 10 heteroatoms. The SMILES string of the molecule is CCCOc1ccc(C(=O)NCC(=O)N/N=C/c2ccc(OC(=O)c3ccc(Cl)cc3)c(OCC)c2)cc1. The normalized spacial score (nSPS) is 10.6. The summed E-state index contributed by atoms with van der Waals surface area (Å²) in [5.41, 5.74) is 3.70. The maximum absolute atomic E-state index is 12.4. The van der Waals surface area contributed by atoms with Crippen molar-refractivity contribution in [1.29, 1.82) is 0 Å². The lowest BCUT2D eigenvalue weighted by Gasteiger charge is -2.11. The highest BCUT2D eigenvalue weighted by Crippen LogP contribution is 2.29. The number of hydrogen-bond donors (Lipinski definition) is 2. The molecule has 3 rings (SSSR count). The lowest BCUT2D eigenvalue weighted by atomic mass is 10.2. The molecule has 9 nitrogen and oxygen atoms in total. The molecule has 0 saturated heterocycles. The van der Waals surface area contributed by atoms with Crippen LogP contribution < -0.4 is 25.0 Å². The second-order valence-electron chi connectivity index (χ2n) is 7.88. The number of hydrazone groups is 1. The van der Waals surface area contributed by atoms with Crippen molar-refractivity contribution in [3.63, 3.8) is 0 Å². The van der Waals surface area contributed by atoms with Crippen LogP contribution in [0.3, 0.4) is 0 Å². The van der Waals surface area contributed by atoms with Crippen molar-refractivity contribution in [3.8, 4) is 17.2 Å². The molecule has 3 aromatic carbocycles. The van der Waals surface area contributed by atoms with Gasteiger partial charge < -0.3 is 19.5 Å². The van der Waals surface area contributed by atoms with E-state index < -0.39 is 17.8 Å². The van der Waals surface area contributed by atoms with E-state index in [1.165, 1.54) is 6.21 Å². The molecule has 0 spiro atoms. The highest BCUT2D eigenvalue weighted by atomic mass is 35.5. The Morgan fingerprint density at radius 2 is 1.61 bits per heavy atom. The van der Waals surface area contributed by atoms with Crippen LogP contribution >= 0.6 is 11.6 Å². The van der Waals surface area contributed by atoms with Crippen LogP contribution in [0.5, 0.6) is 17.2 Å². The van der Waals surface area contributed by atoms with Crippen LogP contribution in [-0.2, 0) is 4.79 Å². The Hall–Kier alpha value is -4.37. The minimum absolute atomic E-state index is 0.237. The summed E-state index contributed by atoms with van der Waals surface area (Å²) in [6, 6.07) is 17.8. The Kier molecular flexibility index (Phi) is 10.7. The Morgan fingerprint density at radius 1 is 0.895 bits per heavy atom. The van der Waals surface area contributed by atoms with Gasteiger partial charge in [0, 0.05) is 10.6 Å². The highest BCUT2D eigenvalue weighted by molar-refractivity contribution is 6.30. The third kappa shape index (κ3) is 8.63. The quantitative estimate of drug-likeness (QED) is 0.151. The van der Waals surface area contributed by atoms with E-state index in [4.69, 9.17) is 25.8 Å². The van der Waals surface area contributed by atoms with Crippen molar-refractivity contribution in [2.24, 2.45) is 5.10 Å². The Morgan fingerprint density at radius 3 is 2.29 bits per heavy atom. The van der Waals surface area contributed by atoms with Gasteiger partial charge in [-0.25, -0.2) is 10.2 Å². The molecule has 198 valence electrons. The van der Waals surface area contributed by atoms with Gasteiger partial charge in [0.2, 0.25) is 0 Å². The molecule has 0 unspecified atom stereocenters. The molecule has 0 bridgehead atoms. The lowest BCUT2D eigenvalue weighted by Crippen LogP contribution is -2.34. The minimum Gasteiger partial charge on any atom is -0.494 e. The second-order valence-corrected chi connectivity index (χ2v) is 8.32. The van der Waals surface area contributed by atoms with Gasteiger partial charge >= 0.3 is 5.97 Å². The van der Waals surface area contributed by atoms with Crippen LogP contribution in [0.15, 0.2) is 71.8 Å². The van der Waals surface area contributed by atoms with Gasteiger partial charge in [-0.1, -0.05) is 18.5 Å². The molecule has 0 atom stereocenters. The number of nitrogens with zero attached hydrogens (tertiary/aromatic N) is 1. The average Bonchev–Trinajstić information content (AvgIpc) is 2.92. The van der Waals surface area contributed by atoms with E-state index >= 15 is 0 Å². The molecular weight excluding hydrogens is 510 g/mol. The van der Waals surface area contributed by atoms with Crippen molar-refractivity contribution in [2.45, 2.75) is 20.3 Å². The number of halogens is 1. The molecular formula is C28H28ClN3O6. The van der Waals surface area contributed by atoms with Crippen LogP contribution in [0, 0.1) is 0 Å². The molecule has 0 fully saturated rings. The molecule has 0 saturated carbocycles. The highest BCUT2D eigenvalue weighted by Gasteiger charge is 2.13. The number of carbonyl (C=O) groups is 3. The van der Waals surface area contributed by atoms with E-state index in [0.717, 1.165) is 6.42 Å². The Bertz CT molecular complexity index is 1280. The summed E-state index contributed by atoms with van der Waals surface area (Å²) >= 11 is 5.86. The van der Waals surface area contributed by atoms with E-state index in [0.29, 0.717) is 46.4 Å². The maximum atomic E-state index is 12.4. The Labute approximate surface area is 225 Å². The van der Waals surface area contributed by atoms with Crippen LogP contribution in [-0.4, -0.2) is 43.8 Å². The molecule has 38 heavy (non-hydrogen) atoms. The molecule has 0 aliphatic carbocycles. The number of esters is 1. The predicted molar refractivity (Wildman–Crippen MR) is 144 cm³/mol. The number of ether oxygens (including phenoxy) is 3. The zero-order valence-corrected chi connectivity index (χ0v) is 21.8. The van der Waals surface area contributed by atoms with Gasteiger partial charge in [0.05, 0.1) is 31.5 Å². The van der Waals surface area contributed by atoms with E-state index in [1.54, 1.807) is 73.7 Å². The van der Waals surface area contributed by atoms with Crippen LogP contribution in [0.2, 0.25) is 5.02 Å². The first-order valence-corrected chi connectivity index (χ1v) is 12.3. The van der Waals surface area contributed by atoms with E-state index in [1.807, 2.05) is 6.92 Å². The standard InChI is InChI=1S/C28H28ClN3O6/c1-3-15-37-23-12-8-20(9-13-23)27(34)30-18-26(33)32-31-17-19-5-14-24(25(16-19)36-4-2)38-28(35)21-6-10-22(29)11-7-21/h5-14,16-17H,3-4,15,18H2,1-2H3,(H,30,34)(H,32,33)/b31-17+. The zero-order chi connectivity index (χ0) is 27.3. The second kappa shape index (κ2) is 14.4. The zero-order valence-electron chi connectivity index (χ0n) is 21.0. The fourth-order valence-corrected chi connectivity index (χ4v) is 3.23. The first kappa shape index (κ1) is 28.2. The number of nitrogens with one attached hydrogen (secondary N) is 2. The smallest absolute Gasteiger partial charge is 0.343 e. The molecule has 0 aliphatic heterocycles. The first-order valence-electron chi connectivity index (χ1n) is 12.0. The largest absolute Gasteiger partial charge is 0.494 e. The predicted octanol–water partition coefficient (Wildman–Crippen LogP) is 4.63. The summed E-state index contributed by atoms with van der Waals surface area (Å²) < 4.78 is 16.5. The van der Waals surface area contributed by atoms with Crippen molar-refractivity contribution in [2.75, 3.05) is 19.8 Å². The summed E-state index contributed by atoms with van der Waals surface area (Å²) in [4.78, 5) is 36.8. The van der Waals surface area contributed by atoms with Crippen molar-refractivity contribution < 1.29 is 28.6 Å². The molecule has 0 aliphatic rings. The third-order valence-corrected chi connectivity index (χ3v) is 5.20. The van der Waals surface area contributed by atoms with Gasteiger partial charge in [-0.15, -0.1) is 0 Å². The number of hydrogen-bond acceptors (Lipinski definition) is 7. The fourth-order valence-electron chi connectivity index (χ4n) is 3.11. The summed E-state index contributed by atoms with van der Waals surface area (Å²) in [5, 5.41) is 6.96. The number of amides is 2.